The molecule has 0 saturated carbocycles. The fraction of sp³-hybridized carbons (Fsp3) is 0.211. The predicted molar refractivity (Wildman–Crippen MR) is 105 cm³/mol. The SMILES string of the molecule is O=C(c1cccs1)N1CC[C@@H](n2c(-c3cccs3)nc3cccnc32)C1. The van der Waals surface area contributed by atoms with E-state index in [0.29, 0.717) is 6.54 Å². The lowest BCUT2D eigenvalue weighted by atomic mass is 10.2. The van der Waals surface area contributed by atoms with Crippen LogP contribution in [-0.4, -0.2) is 38.4 Å². The highest BCUT2D eigenvalue weighted by Crippen LogP contribution is 2.34. The molecule has 1 fully saturated rings. The Kier molecular flexibility index (Phi) is 3.83. The fourth-order valence-electron chi connectivity index (χ4n) is 3.55. The van der Waals surface area contributed by atoms with Gasteiger partial charge in [-0.05, 0) is 41.4 Å². The minimum absolute atomic E-state index is 0.123. The third kappa shape index (κ3) is 2.55. The first-order chi connectivity index (χ1) is 12.8. The molecular formula is C19H16N4OS2. The number of carbonyl (C=O) groups is 1. The zero-order valence-electron chi connectivity index (χ0n) is 13.9. The van der Waals surface area contributed by atoms with Gasteiger partial charge in [-0.2, -0.15) is 0 Å². The van der Waals surface area contributed by atoms with Crippen molar-refractivity contribution in [3.05, 3.63) is 58.2 Å². The molecule has 5 nitrogen and oxygen atoms in total. The Morgan fingerprint density at radius 1 is 1.12 bits per heavy atom. The molecule has 1 aliphatic heterocycles. The van der Waals surface area contributed by atoms with Gasteiger partial charge in [-0.3, -0.25) is 4.79 Å². The van der Waals surface area contributed by atoms with Crippen LogP contribution in [0.25, 0.3) is 21.9 Å². The molecular weight excluding hydrogens is 364 g/mol. The van der Waals surface area contributed by atoms with Crippen molar-refractivity contribution in [1.82, 2.24) is 19.4 Å². The third-order valence-electron chi connectivity index (χ3n) is 4.74. The average Bonchev–Trinajstić information content (AvgIpc) is 3.47. The second-order valence-corrected chi connectivity index (χ2v) is 8.20. The summed E-state index contributed by atoms with van der Waals surface area (Å²) in [5.41, 5.74) is 1.80. The van der Waals surface area contributed by atoms with Gasteiger partial charge in [0, 0.05) is 19.3 Å². The molecule has 1 atom stereocenters. The molecule has 0 spiro atoms. The topological polar surface area (TPSA) is 51.0 Å². The number of thiophene rings is 2. The van der Waals surface area contributed by atoms with E-state index in [2.05, 4.69) is 21.0 Å². The summed E-state index contributed by atoms with van der Waals surface area (Å²) in [7, 11) is 0. The van der Waals surface area contributed by atoms with E-state index >= 15 is 0 Å². The van der Waals surface area contributed by atoms with E-state index in [1.807, 2.05) is 46.8 Å². The number of hydrogen-bond acceptors (Lipinski definition) is 5. The number of amides is 1. The van der Waals surface area contributed by atoms with E-state index in [0.717, 1.165) is 39.7 Å². The van der Waals surface area contributed by atoms with Crippen molar-refractivity contribution in [3.63, 3.8) is 0 Å². The van der Waals surface area contributed by atoms with Gasteiger partial charge in [0.05, 0.1) is 15.8 Å². The summed E-state index contributed by atoms with van der Waals surface area (Å²) in [6.45, 7) is 1.45. The van der Waals surface area contributed by atoms with Crippen LogP contribution in [0.2, 0.25) is 0 Å². The number of aromatic nitrogens is 3. The molecule has 4 aromatic rings. The maximum absolute atomic E-state index is 12.7. The van der Waals surface area contributed by atoms with Gasteiger partial charge in [-0.15, -0.1) is 22.7 Å². The quantitative estimate of drug-likeness (QED) is 0.532. The van der Waals surface area contributed by atoms with Crippen molar-refractivity contribution >= 4 is 39.7 Å². The highest BCUT2D eigenvalue weighted by Gasteiger charge is 2.31. The van der Waals surface area contributed by atoms with Gasteiger partial charge in [-0.1, -0.05) is 12.1 Å². The average molecular weight is 380 g/mol. The monoisotopic (exact) mass is 380 g/mol. The molecule has 4 aromatic heterocycles. The molecule has 5 heterocycles. The van der Waals surface area contributed by atoms with Crippen molar-refractivity contribution in [3.8, 4) is 10.7 Å². The lowest BCUT2D eigenvalue weighted by Crippen LogP contribution is -2.28. The van der Waals surface area contributed by atoms with Crippen molar-refractivity contribution in [2.24, 2.45) is 0 Å². The van der Waals surface area contributed by atoms with Gasteiger partial charge in [-0.25, -0.2) is 9.97 Å². The number of hydrogen-bond donors (Lipinski definition) is 0. The number of pyridine rings is 1. The van der Waals surface area contributed by atoms with Gasteiger partial charge in [0.1, 0.15) is 5.52 Å². The van der Waals surface area contributed by atoms with Crippen LogP contribution in [0.3, 0.4) is 0 Å². The van der Waals surface area contributed by atoms with E-state index in [9.17, 15) is 4.79 Å². The molecule has 130 valence electrons. The maximum Gasteiger partial charge on any atom is 0.263 e. The van der Waals surface area contributed by atoms with E-state index < -0.39 is 0 Å². The second-order valence-electron chi connectivity index (χ2n) is 6.30. The molecule has 0 bridgehead atoms. The van der Waals surface area contributed by atoms with Crippen LogP contribution in [0.4, 0.5) is 0 Å². The second kappa shape index (κ2) is 6.34. The Hall–Kier alpha value is -2.51. The van der Waals surface area contributed by atoms with Crippen LogP contribution in [0.15, 0.2) is 53.4 Å². The summed E-state index contributed by atoms with van der Waals surface area (Å²) in [4.78, 5) is 26.0. The summed E-state index contributed by atoms with van der Waals surface area (Å²) in [6.07, 6.45) is 2.72. The van der Waals surface area contributed by atoms with E-state index in [-0.39, 0.29) is 11.9 Å². The lowest BCUT2D eigenvalue weighted by molar-refractivity contribution is 0.0792. The molecule has 0 aromatic carbocycles. The number of imidazole rings is 1. The number of fused-ring (bicyclic) bond motifs is 1. The Morgan fingerprint density at radius 3 is 2.81 bits per heavy atom. The van der Waals surface area contributed by atoms with Crippen LogP contribution < -0.4 is 0 Å². The van der Waals surface area contributed by atoms with E-state index in [1.54, 1.807) is 11.3 Å². The number of likely N-dealkylation sites (tertiary alicyclic amines) is 1. The summed E-state index contributed by atoms with van der Waals surface area (Å²) in [5.74, 6) is 1.07. The Morgan fingerprint density at radius 2 is 2.00 bits per heavy atom. The van der Waals surface area contributed by atoms with E-state index in [4.69, 9.17) is 4.98 Å². The van der Waals surface area contributed by atoms with Gasteiger partial charge >= 0.3 is 0 Å². The van der Waals surface area contributed by atoms with Gasteiger partial charge < -0.3 is 9.47 Å². The minimum Gasteiger partial charge on any atom is -0.336 e. The lowest BCUT2D eigenvalue weighted by Gasteiger charge is -2.18. The number of nitrogens with zero attached hydrogens (tertiary/aromatic N) is 4. The predicted octanol–water partition coefficient (Wildman–Crippen LogP) is 4.31. The summed E-state index contributed by atoms with van der Waals surface area (Å²) in [6, 6.07) is 12.1. The standard InChI is InChI=1S/C19H16N4OS2/c24-19(16-6-3-11-26-16)22-9-7-13(12-22)23-17-14(4-1-8-20-17)21-18(23)15-5-2-10-25-15/h1-6,8,10-11,13H,7,9,12H2/t13-/m1/s1. The van der Waals surface area contributed by atoms with Crippen molar-refractivity contribution in [1.29, 1.82) is 0 Å². The Labute approximate surface area is 158 Å². The van der Waals surface area contributed by atoms with Crippen molar-refractivity contribution in [2.75, 3.05) is 13.1 Å². The molecule has 0 unspecified atom stereocenters. The highest BCUT2D eigenvalue weighted by molar-refractivity contribution is 7.13. The molecule has 0 N–H and O–H groups in total. The summed E-state index contributed by atoms with van der Waals surface area (Å²) in [5, 5.41) is 4.01. The first kappa shape index (κ1) is 15.7. The molecule has 0 radical (unpaired) electrons. The number of carbonyl (C=O) groups excluding carboxylic acids is 1. The summed E-state index contributed by atoms with van der Waals surface area (Å²) < 4.78 is 2.23. The fourth-order valence-corrected chi connectivity index (χ4v) is 4.95. The van der Waals surface area contributed by atoms with Crippen molar-refractivity contribution < 1.29 is 4.79 Å². The van der Waals surface area contributed by atoms with Crippen LogP contribution in [0.5, 0.6) is 0 Å². The van der Waals surface area contributed by atoms with Gasteiger partial charge in [0.2, 0.25) is 0 Å². The molecule has 7 heteroatoms. The molecule has 1 saturated heterocycles. The maximum atomic E-state index is 12.7. The minimum atomic E-state index is 0.123. The van der Waals surface area contributed by atoms with Crippen LogP contribution in [0.1, 0.15) is 22.1 Å². The normalized spacial score (nSPS) is 17.2. The van der Waals surface area contributed by atoms with E-state index in [1.165, 1.54) is 11.3 Å². The van der Waals surface area contributed by atoms with Crippen molar-refractivity contribution in [2.45, 2.75) is 12.5 Å². The van der Waals surface area contributed by atoms with Crippen LogP contribution >= 0.6 is 22.7 Å². The zero-order valence-corrected chi connectivity index (χ0v) is 15.5. The molecule has 26 heavy (non-hydrogen) atoms. The molecule has 1 amide bonds. The first-order valence-electron chi connectivity index (χ1n) is 8.51. The van der Waals surface area contributed by atoms with Gasteiger partial charge in [0.15, 0.2) is 11.5 Å². The van der Waals surface area contributed by atoms with Crippen LogP contribution in [-0.2, 0) is 0 Å². The Balaban J connectivity index is 1.53. The highest BCUT2D eigenvalue weighted by atomic mass is 32.1. The van der Waals surface area contributed by atoms with Crippen LogP contribution in [0, 0.1) is 0 Å². The molecule has 0 aliphatic carbocycles. The smallest absolute Gasteiger partial charge is 0.263 e. The summed E-state index contributed by atoms with van der Waals surface area (Å²) >= 11 is 3.18. The molecule has 5 rings (SSSR count). The third-order valence-corrected chi connectivity index (χ3v) is 6.46. The zero-order chi connectivity index (χ0) is 17.5. The first-order valence-corrected chi connectivity index (χ1v) is 10.3. The number of rotatable bonds is 3. The van der Waals surface area contributed by atoms with Gasteiger partial charge in [0.25, 0.3) is 5.91 Å². The molecule has 1 aliphatic rings. The largest absolute Gasteiger partial charge is 0.336 e. The Bertz CT molecular complexity index is 1050.